The summed E-state index contributed by atoms with van der Waals surface area (Å²) < 4.78 is 0. The standard InChI is InChI=1S/C24H27N3O.3C2H6/c1-16-9-5-6-10-18(16)22-25-20-12-8-7-11-19(20)23(26-22)27-14-17(15-27)21(28)13-24(2,3)4;3*1-2/h5-12,17H,13-15H2,1-4H3;3*1-2H3. The predicted molar refractivity (Wildman–Crippen MR) is 149 cm³/mol. The van der Waals surface area contributed by atoms with E-state index >= 15 is 0 Å². The number of benzene rings is 2. The number of carbonyl (C=O) groups is 1. The number of nitrogens with zero attached hydrogens (tertiary/aromatic N) is 3. The van der Waals surface area contributed by atoms with Crippen LogP contribution in [0.4, 0.5) is 5.82 Å². The molecule has 34 heavy (non-hydrogen) atoms. The van der Waals surface area contributed by atoms with E-state index in [0.29, 0.717) is 12.2 Å². The molecule has 0 saturated carbocycles. The van der Waals surface area contributed by atoms with E-state index in [0.717, 1.165) is 46.8 Å². The van der Waals surface area contributed by atoms with Crippen LogP contribution in [0.2, 0.25) is 0 Å². The molecule has 1 aliphatic heterocycles. The summed E-state index contributed by atoms with van der Waals surface area (Å²) in [5.41, 5.74) is 3.19. The zero-order valence-corrected chi connectivity index (χ0v) is 23.1. The number of aromatic nitrogens is 2. The minimum absolute atomic E-state index is 0.0388. The maximum Gasteiger partial charge on any atom is 0.162 e. The zero-order chi connectivity index (χ0) is 25.9. The summed E-state index contributed by atoms with van der Waals surface area (Å²) in [6.45, 7) is 21.9. The predicted octanol–water partition coefficient (Wildman–Crippen LogP) is 8.13. The number of Topliss-reactive ketones (excluding diaryl/α,β-unsaturated/α-hetero) is 1. The highest BCUT2D eigenvalue weighted by Gasteiger charge is 2.35. The van der Waals surface area contributed by atoms with E-state index in [4.69, 9.17) is 9.97 Å². The summed E-state index contributed by atoms with van der Waals surface area (Å²) in [4.78, 5) is 24.5. The number of fused-ring (bicyclic) bond motifs is 1. The first-order valence-corrected chi connectivity index (χ1v) is 12.9. The lowest BCUT2D eigenvalue weighted by molar-refractivity contribution is -0.125. The van der Waals surface area contributed by atoms with E-state index in [2.05, 4.69) is 50.8 Å². The maximum atomic E-state index is 12.6. The van der Waals surface area contributed by atoms with Crippen molar-refractivity contribution in [1.82, 2.24) is 9.97 Å². The summed E-state index contributed by atoms with van der Waals surface area (Å²) >= 11 is 0. The van der Waals surface area contributed by atoms with Crippen LogP contribution >= 0.6 is 0 Å². The molecule has 4 rings (SSSR count). The van der Waals surface area contributed by atoms with Gasteiger partial charge in [-0.25, -0.2) is 9.97 Å². The van der Waals surface area contributed by atoms with Crippen molar-refractivity contribution in [3.8, 4) is 11.4 Å². The van der Waals surface area contributed by atoms with Crippen LogP contribution in [0.3, 0.4) is 0 Å². The quantitative estimate of drug-likeness (QED) is 0.392. The Morgan fingerprint density at radius 3 is 2.03 bits per heavy atom. The summed E-state index contributed by atoms with van der Waals surface area (Å²) in [6.07, 6.45) is 0.629. The van der Waals surface area contributed by atoms with Crippen LogP contribution in [0.25, 0.3) is 22.3 Å². The number of hydrogen-bond donors (Lipinski definition) is 0. The molecule has 4 heteroatoms. The lowest BCUT2D eigenvalue weighted by atomic mass is 9.83. The normalized spacial score (nSPS) is 12.8. The van der Waals surface area contributed by atoms with Gasteiger partial charge in [0.25, 0.3) is 0 Å². The Hall–Kier alpha value is -2.75. The second kappa shape index (κ2) is 13.8. The Labute approximate surface area is 207 Å². The zero-order valence-electron chi connectivity index (χ0n) is 23.1. The van der Waals surface area contributed by atoms with Crippen molar-refractivity contribution in [1.29, 1.82) is 0 Å². The molecule has 2 heterocycles. The van der Waals surface area contributed by atoms with E-state index in [1.165, 1.54) is 0 Å². The summed E-state index contributed by atoms with van der Waals surface area (Å²) in [7, 11) is 0. The summed E-state index contributed by atoms with van der Waals surface area (Å²) in [5, 5.41) is 1.04. The highest BCUT2D eigenvalue weighted by atomic mass is 16.1. The fraction of sp³-hybridized carbons (Fsp3) is 0.500. The topological polar surface area (TPSA) is 46.1 Å². The van der Waals surface area contributed by atoms with Gasteiger partial charge in [0.1, 0.15) is 11.6 Å². The molecule has 0 N–H and O–H groups in total. The van der Waals surface area contributed by atoms with Gasteiger partial charge in [0.15, 0.2) is 5.82 Å². The first-order valence-electron chi connectivity index (χ1n) is 12.9. The SMILES string of the molecule is CC.CC.CC.Cc1ccccc1-c1nc(N2CC(C(=O)CC(C)(C)C)C2)c2ccccc2n1. The molecule has 1 fully saturated rings. The van der Waals surface area contributed by atoms with Gasteiger partial charge in [-0.15, -0.1) is 0 Å². The van der Waals surface area contributed by atoms with Gasteiger partial charge in [0.2, 0.25) is 0 Å². The molecular weight excluding hydrogens is 418 g/mol. The van der Waals surface area contributed by atoms with Crippen molar-refractivity contribution in [2.75, 3.05) is 18.0 Å². The van der Waals surface area contributed by atoms with E-state index in [9.17, 15) is 4.79 Å². The van der Waals surface area contributed by atoms with Crippen molar-refractivity contribution in [3.63, 3.8) is 0 Å². The lowest BCUT2D eigenvalue weighted by Crippen LogP contribution is -2.51. The minimum atomic E-state index is 0.0388. The van der Waals surface area contributed by atoms with Crippen molar-refractivity contribution in [3.05, 3.63) is 54.1 Å². The Bertz CT molecular complexity index is 1030. The third-order valence-corrected chi connectivity index (χ3v) is 5.31. The van der Waals surface area contributed by atoms with Crippen LogP contribution in [0.15, 0.2) is 48.5 Å². The number of rotatable bonds is 4. The number of aryl methyl sites for hydroxylation is 1. The molecule has 186 valence electrons. The number of anilines is 1. The highest BCUT2D eigenvalue weighted by Crippen LogP contribution is 2.34. The molecule has 1 saturated heterocycles. The van der Waals surface area contributed by atoms with Gasteiger partial charge in [-0.05, 0) is 30.0 Å². The molecule has 1 aromatic heterocycles. The molecule has 0 spiro atoms. The van der Waals surface area contributed by atoms with Crippen LogP contribution in [0, 0.1) is 18.3 Å². The lowest BCUT2D eigenvalue weighted by Gasteiger charge is -2.40. The van der Waals surface area contributed by atoms with E-state index in [-0.39, 0.29) is 11.3 Å². The molecular formula is C30H45N3O. The van der Waals surface area contributed by atoms with Crippen LogP contribution in [0.5, 0.6) is 0 Å². The number of para-hydroxylation sites is 1. The monoisotopic (exact) mass is 463 g/mol. The van der Waals surface area contributed by atoms with Gasteiger partial charge < -0.3 is 4.90 Å². The molecule has 4 nitrogen and oxygen atoms in total. The average Bonchev–Trinajstić information content (AvgIpc) is 2.81. The van der Waals surface area contributed by atoms with Crippen LogP contribution in [-0.4, -0.2) is 28.8 Å². The second-order valence-electron chi connectivity index (χ2n) is 9.01. The van der Waals surface area contributed by atoms with E-state index in [1.54, 1.807) is 0 Å². The first-order chi connectivity index (χ1) is 16.3. The first kappa shape index (κ1) is 29.3. The Kier molecular flexibility index (Phi) is 11.9. The largest absolute Gasteiger partial charge is 0.354 e. The molecule has 0 bridgehead atoms. The fourth-order valence-electron chi connectivity index (χ4n) is 3.77. The third kappa shape index (κ3) is 7.38. The van der Waals surface area contributed by atoms with Gasteiger partial charge in [-0.2, -0.15) is 0 Å². The Balaban J connectivity index is 0.000000894. The Morgan fingerprint density at radius 2 is 1.44 bits per heavy atom. The number of ketones is 1. The van der Waals surface area contributed by atoms with Crippen molar-refractivity contribution < 1.29 is 4.79 Å². The molecule has 0 aliphatic carbocycles. The van der Waals surface area contributed by atoms with Gasteiger partial charge in [-0.1, -0.05) is 98.7 Å². The van der Waals surface area contributed by atoms with Gasteiger partial charge >= 0.3 is 0 Å². The summed E-state index contributed by atoms with van der Waals surface area (Å²) in [6, 6.07) is 16.3. The maximum absolute atomic E-state index is 12.6. The average molecular weight is 464 g/mol. The van der Waals surface area contributed by atoms with E-state index in [1.807, 2.05) is 71.9 Å². The number of carbonyl (C=O) groups excluding carboxylic acids is 1. The van der Waals surface area contributed by atoms with E-state index < -0.39 is 0 Å². The minimum Gasteiger partial charge on any atom is -0.354 e. The van der Waals surface area contributed by atoms with Gasteiger partial charge in [0, 0.05) is 30.5 Å². The van der Waals surface area contributed by atoms with Crippen LogP contribution < -0.4 is 4.90 Å². The highest BCUT2D eigenvalue weighted by molar-refractivity contribution is 5.93. The molecule has 2 aromatic carbocycles. The second-order valence-corrected chi connectivity index (χ2v) is 9.01. The smallest absolute Gasteiger partial charge is 0.162 e. The molecule has 0 unspecified atom stereocenters. The molecule has 0 radical (unpaired) electrons. The van der Waals surface area contributed by atoms with Gasteiger partial charge in [-0.3, -0.25) is 4.79 Å². The fourth-order valence-corrected chi connectivity index (χ4v) is 3.77. The molecule has 3 aromatic rings. The third-order valence-electron chi connectivity index (χ3n) is 5.31. The number of hydrogen-bond acceptors (Lipinski definition) is 4. The Morgan fingerprint density at radius 1 is 0.882 bits per heavy atom. The summed E-state index contributed by atoms with van der Waals surface area (Å²) in [5.74, 6) is 2.15. The molecule has 1 aliphatic rings. The van der Waals surface area contributed by atoms with Gasteiger partial charge in [0.05, 0.1) is 11.4 Å². The van der Waals surface area contributed by atoms with Crippen molar-refractivity contribution in [2.24, 2.45) is 11.3 Å². The van der Waals surface area contributed by atoms with Crippen molar-refractivity contribution in [2.45, 2.75) is 75.7 Å². The molecule has 0 amide bonds. The van der Waals surface area contributed by atoms with Crippen LogP contribution in [-0.2, 0) is 4.79 Å². The molecule has 0 atom stereocenters. The van der Waals surface area contributed by atoms with Crippen molar-refractivity contribution >= 4 is 22.5 Å². The van der Waals surface area contributed by atoms with Crippen LogP contribution in [0.1, 0.15) is 74.3 Å².